The second-order valence-electron chi connectivity index (χ2n) is 4.62. The molecule has 1 heterocycles. The van der Waals surface area contributed by atoms with Crippen molar-refractivity contribution in [1.82, 2.24) is 4.98 Å². The van der Waals surface area contributed by atoms with Crippen molar-refractivity contribution in [3.63, 3.8) is 0 Å². The smallest absolute Gasteiger partial charge is 0.103 e. The highest BCUT2D eigenvalue weighted by atomic mass is 16.5. The number of rotatable bonds is 7. The van der Waals surface area contributed by atoms with Crippen LogP contribution in [-0.4, -0.2) is 45.5 Å². The number of para-hydroxylation sites is 1. The van der Waals surface area contributed by atoms with Crippen LogP contribution in [-0.2, 0) is 9.47 Å². The minimum atomic E-state index is 0.570. The highest BCUT2D eigenvalue weighted by Gasteiger charge is 2.15. The van der Waals surface area contributed by atoms with E-state index in [0.717, 1.165) is 16.6 Å². The number of pyridine rings is 1. The highest BCUT2D eigenvalue weighted by Crippen LogP contribution is 2.29. The largest absolute Gasteiger partial charge is 0.383 e. The van der Waals surface area contributed by atoms with Crippen LogP contribution >= 0.6 is 0 Å². The van der Waals surface area contributed by atoms with E-state index in [9.17, 15) is 5.26 Å². The number of benzene rings is 1. The first-order valence-corrected chi connectivity index (χ1v) is 6.82. The summed E-state index contributed by atoms with van der Waals surface area (Å²) < 4.78 is 10.4. The predicted octanol–water partition coefficient (Wildman–Crippen LogP) is 2.21. The number of methoxy groups -OCH3 is 2. The third-order valence-electron chi connectivity index (χ3n) is 3.31. The normalized spacial score (nSPS) is 10.5. The minimum Gasteiger partial charge on any atom is -0.383 e. The van der Waals surface area contributed by atoms with Crippen LogP contribution in [0.5, 0.6) is 0 Å². The fourth-order valence-electron chi connectivity index (χ4n) is 2.29. The molecule has 2 aromatic rings. The summed E-state index contributed by atoms with van der Waals surface area (Å²) in [5, 5.41) is 10.4. The van der Waals surface area contributed by atoms with Gasteiger partial charge in [0, 0.05) is 38.9 Å². The number of hydrogen-bond donors (Lipinski definition) is 0. The Morgan fingerprint density at radius 1 is 1.14 bits per heavy atom. The van der Waals surface area contributed by atoms with Gasteiger partial charge in [-0.05, 0) is 6.07 Å². The number of ether oxygens (including phenoxy) is 2. The van der Waals surface area contributed by atoms with E-state index in [1.165, 1.54) is 0 Å². The van der Waals surface area contributed by atoms with Crippen LogP contribution in [0.1, 0.15) is 5.56 Å². The molecule has 0 radical (unpaired) electrons. The summed E-state index contributed by atoms with van der Waals surface area (Å²) in [4.78, 5) is 6.46. The molecule has 21 heavy (non-hydrogen) atoms. The van der Waals surface area contributed by atoms with Crippen molar-refractivity contribution in [2.75, 3.05) is 45.4 Å². The van der Waals surface area contributed by atoms with E-state index in [-0.39, 0.29) is 0 Å². The number of fused-ring (bicyclic) bond motifs is 1. The molecule has 0 saturated carbocycles. The lowest BCUT2D eigenvalue weighted by Crippen LogP contribution is -2.31. The molecule has 110 valence electrons. The quantitative estimate of drug-likeness (QED) is 0.780. The molecule has 0 aliphatic carbocycles. The Balaban J connectivity index is 2.50. The Morgan fingerprint density at radius 2 is 1.81 bits per heavy atom. The van der Waals surface area contributed by atoms with E-state index < -0.39 is 0 Å². The number of aromatic nitrogens is 1. The molecule has 0 unspecified atom stereocenters. The third-order valence-corrected chi connectivity index (χ3v) is 3.31. The van der Waals surface area contributed by atoms with Crippen molar-refractivity contribution in [3.05, 3.63) is 36.0 Å². The van der Waals surface area contributed by atoms with Gasteiger partial charge in [0.2, 0.25) is 0 Å². The topological polar surface area (TPSA) is 58.4 Å². The van der Waals surface area contributed by atoms with E-state index in [2.05, 4.69) is 16.0 Å². The fourth-order valence-corrected chi connectivity index (χ4v) is 2.29. The molecular formula is C16H19N3O2. The monoisotopic (exact) mass is 285 g/mol. The van der Waals surface area contributed by atoms with Crippen LogP contribution in [0.25, 0.3) is 10.9 Å². The van der Waals surface area contributed by atoms with Crippen molar-refractivity contribution in [3.8, 4) is 6.07 Å². The van der Waals surface area contributed by atoms with Crippen LogP contribution in [0.15, 0.2) is 30.5 Å². The number of nitriles is 1. The van der Waals surface area contributed by atoms with Crippen molar-refractivity contribution in [1.29, 1.82) is 5.26 Å². The van der Waals surface area contributed by atoms with Crippen LogP contribution < -0.4 is 4.90 Å². The van der Waals surface area contributed by atoms with Crippen molar-refractivity contribution in [2.24, 2.45) is 0 Å². The molecule has 5 heteroatoms. The zero-order chi connectivity index (χ0) is 15.1. The van der Waals surface area contributed by atoms with E-state index in [4.69, 9.17) is 9.47 Å². The van der Waals surface area contributed by atoms with Crippen LogP contribution in [0, 0.1) is 11.3 Å². The van der Waals surface area contributed by atoms with Gasteiger partial charge >= 0.3 is 0 Å². The van der Waals surface area contributed by atoms with E-state index in [0.29, 0.717) is 31.9 Å². The molecule has 2 rings (SSSR count). The Labute approximate surface area is 124 Å². The lowest BCUT2D eigenvalue weighted by Gasteiger charge is -2.26. The number of anilines is 1. The molecule has 0 amide bonds. The Kier molecular flexibility index (Phi) is 5.50. The molecule has 5 nitrogen and oxygen atoms in total. The molecule has 0 aliphatic heterocycles. The summed E-state index contributed by atoms with van der Waals surface area (Å²) in [5.41, 5.74) is 2.35. The second-order valence-corrected chi connectivity index (χ2v) is 4.62. The van der Waals surface area contributed by atoms with Crippen LogP contribution in [0.2, 0.25) is 0 Å². The van der Waals surface area contributed by atoms with Gasteiger partial charge in [-0.2, -0.15) is 5.26 Å². The first kappa shape index (κ1) is 15.2. The van der Waals surface area contributed by atoms with Gasteiger partial charge in [-0.3, -0.25) is 4.98 Å². The number of hydrogen-bond acceptors (Lipinski definition) is 5. The van der Waals surface area contributed by atoms with E-state index in [1.807, 2.05) is 24.3 Å². The Hall–Kier alpha value is -2.16. The number of nitrogens with zero attached hydrogens (tertiary/aromatic N) is 3. The maximum Gasteiger partial charge on any atom is 0.103 e. The zero-order valence-corrected chi connectivity index (χ0v) is 12.4. The summed E-state index contributed by atoms with van der Waals surface area (Å²) in [6.07, 6.45) is 1.63. The van der Waals surface area contributed by atoms with Gasteiger partial charge in [-0.25, -0.2) is 0 Å². The zero-order valence-electron chi connectivity index (χ0n) is 12.4. The molecule has 0 fully saturated rings. The highest BCUT2D eigenvalue weighted by molar-refractivity contribution is 5.94. The molecule has 0 aliphatic rings. The maximum atomic E-state index is 9.40. The predicted molar refractivity (Wildman–Crippen MR) is 82.4 cm³/mol. The average molecular weight is 285 g/mol. The second kappa shape index (κ2) is 7.58. The van der Waals surface area contributed by atoms with Gasteiger partial charge in [0.1, 0.15) is 6.07 Å². The van der Waals surface area contributed by atoms with Crippen molar-refractivity contribution in [2.45, 2.75) is 0 Å². The van der Waals surface area contributed by atoms with Gasteiger partial charge < -0.3 is 14.4 Å². The minimum absolute atomic E-state index is 0.570. The summed E-state index contributed by atoms with van der Waals surface area (Å²) in [6, 6.07) is 10.1. The van der Waals surface area contributed by atoms with Gasteiger partial charge in [-0.15, -0.1) is 0 Å². The van der Waals surface area contributed by atoms with Gasteiger partial charge in [0.15, 0.2) is 0 Å². The summed E-state index contributed by atoms with van der Waals surface area (Å²) in [5.74, 6) is 0. The molecule has 1 aromatic carbocycles. The third kappa shape index (κ3) is 3.48. The first-order chi connectivity index (χ1) is 10.3. The Morgan fingerprint density at radius 3 is 2.43 bits per heavy atom. The summed E-state index contributed by atoms with van der Waals surface area (Å²) >= 11 is 0. The average Bonchev–Trinajstić information content (AvgIpc) is 2.54. The molecule has 0 saturated heterocycles. The van der Waals surface area contributed by atoms with Crippen LogP contribution in [0.4, 0.5) is 5.69 Å². The van der Waals surface area contributed by atoms with Crippen molar-refractivity contribution < 1.29 is 9.47 Å². The molecular weight excluding hydrogens is 266 g/mol. The lowest BCUT2D eigenvalue weighted by atomic mass is 10.1. The van der Waals surface area contributed by atoms with Gasteiger partial charge in [0.05, 0.1) is 30.0 Å². The molecule has 0 spiro atoms. The summed E-state index contributed by atoms with van der Waals surface area (Å²) in [7, 11) is 3.34. The maximum absolute atomic E-state index is 9.40. The Bertz CT molecular complexity index is 629. The lowest BCUT2D eigenvalue weighted by molar-refractivity contribution is 0.190. The summed E-state index contributed by atoms with van der Waals surface area (Å²) in [6.45, 7) is 2.57. The van der Waals surface area contributed by atoms with Gasteiger partial charge in [-0.1, -0.05) is 18.2 Å². The van der Waals surface area contributed by atoms with Crippen LogP contribution in [0.3, 0.4) is 0 Å². The molecule has 0 N–H and O–H groups in total. The SMILES string of the molecule is COCCN(CCOC)c1c(C#N)cnc2ccccc12. The van der Waals surface area contributed by atoms with E-state index in [1.54, 1.807) is 20.4 Å². The molecule has 0 bridgehead atoms. The van der Waals surface area contributed by atoms with E-state index >= 15 is 0 Å². The molecule has 0 atom stereocenters. The van der Waals surface area contributed by atoms with Gasteiger partial charge in [0.25, 0.3) is 0 Å². The molecule has 1 aromatic heterocycles. The van der Waals surface area contributed by atoms with Crippen molar-refractivity contribution >= 4 is 16.6 Å². The fraction of sp³-hybridized carbons (Fsp3) is 0.375. The standard InChI is InChI=1S/C16H19N3O2/c1-20-9-7-19(8-10-21-2)16-13(11-17)12-18-15-6-4-3-5-14(15)16/h3-6,12H,7-10H2,1-2H3. The first-order valence-electron chi connectivity index (χ1n) is 6.82.